The Kier molecular flexibility index (Phi) is 3.44. The predicted molar refractivity (Wildman–Crippen MR) is 85.4 cm³/mol. The monoisotopic (exact) mass is 296 g/mol. The quantitative estimate of drug-likeness (QED) is 0.862. The number of hydrogen-bond donors (Lipinski definition) is 1. The molecular weight excluding hydrogens is 276 g/mol. The number of ether oxygens (including phenoxy) is 1. The Hall–Kier alpha value is -2.29. The summed E-state index contributed by atoms with van der Waals surface area (Å²) in [5.74, 6) is -0.863. The summed E-state index contributed by atoms with van der Waals surface area (Å²) in [6.45, 7) is 6.77. The van der Waals surface area contributed by atoms with E-state index in [1.807, 2.05) is 42.5 Å². The lowest BCUT2D eigenvalue weighted by Gasteiger charge is -2.22. The molecule has 0 bridgehead atoms. The first-order valence-corrected chi connectivity index (χ1v) is 7.46. The van der Waals surface area contributed by atoms with Gasteiger partial charge in [-0.3, -0.25) is 4.79 Å². The third-order valence-electron chi connectivity index (χ3n) is 4.18. The normalized spacial score (nSPS) is 17.0. The van der Waals surface area contributed by atoms with Crippen LogP contribution in [0.1, 0.15) is 48.9 Å². The Morgan fingerprint density at radius 2 is 1.86 bits per heavy atom. The number of aliphatic carboxylic acids is 1. The number of hydrogen-bond acceptors (Lipinski definition) is 2. The largest absolute Gasteiger partial charge is 0.489 e. The van der Waals surface area contributed by atoms with Crippen molar-refractivity contribution < 1.29 is 14.6 Å². The highest BCUT2D eigenvalue weighted by molar-refractivity contribution is 5.82. The first kappa shape index (κ1) is 14.6. The van der Waals surface area contributed by atoms with Crippen LogP contribution < -0.4 is 4.74 Å². The third-order valence-corrected chi connectivity index (χ3v) is 4.18. The van der Waals surface area contributed by atoms with Crippen molar-refractivity contribution in [2.45, 2.75) is 38.7 Å². The molecule has 3 heteroatoms. The smallest absolute Gasteiger partial charge is 0.315 e. The summed E-state index contributed by atoms with van der Waals surface area (Å²) < 4.78 is 5.86. The van der Waals surface area contributed by atoms with E-state index < -0.39 is 11.9 Å². The van der Waals surface area contributed by atoms with E-state index in [1.54, 1.807) is 0 Å². The molecule has 0 spiro atoms. The summed E-state index contributed by atoms with van der Waals surface area (Å²) in [6.07, 6.45) is 0. The van der Waals surface area contributed by atoms with Crippen molar-refractivity contribution in [3.63, 3.8) is 0 Å². The molecule has 0 fully saturated rings. The van der Waals surface area contributed by atoms with E-state index in [1.165, 1.54) is 0 Å². The summed E-state index contributed by atoms with van der Waals surface area (Å²) in [5.41, 5.74) is 3.57. The zero-order chi connectivity index (χ0) is 15.9. The lowest BCUT2D eigenvalue weighted by Crippen LogP contribution is -2.16. The van der Waals surface area contributed by atoms with Gasteiger partial charge in [0.25, 0.3) is 0 Å². The van der Waals surface area contributed by atoms with Gasteiger partial charge in [0, 0.05) is 5.56 Å². The molecule has 114 valence electrons. The van der Waals surface area contributed by atoms with Gasteiger partial charge < -0.3 is 9.84 Å². The first-order chi connectivity index (χ1) is 10.4. The summed E-state index contributed by atoms with van der Waals surface area (Å²) in [4.78, 5) is 11.9. The minimum absolute atomic E-state index is 0.0378. The molecule has 0 amide bonds. The number of carbonyl (C=O) groups is 1. The summed E-state index contributed by atoms with van der Waals surface area (Å²) in [5, 5.41) is 9.79. The second-order valence-corrected chi connectivity index (χ2v) is 6.76. The molecule has 3 rings (SSSR count). The molecule has 0 aliphatic carbocycles. The number of carboxylic acids is 1. The number of carboxylic acid groups (broad SMARTS) is 1. The van der Waals surface area contributed by atoms with Crippen LogP contribution in [0.15, 0.2) is 42.5 Å². The van der Waals surface area contributed by atoms with Gasteiger partial charge in [0.15, 0.2) is 0 Å². The zero-order valence-corrected chi connectivity index (χ0v) is 13.1. The second kappa shape index (κ2) is 5.16. The molecule has 1 heterocycles. The summed E-state index contributed by atoms with van der Waals surface area (Å²) in [6, 6.07) is 13.5. The topological polar surface area (TPSA) is 46.5 Å². The van der Waals surface area contributed by atoms with Gasteiger partial charge in [-0.05, 0) is 28.2 Å². The lowest BCUT2D eigenvalue weighted by atomic mass is 9.82. The average molecular weight is 296 g/mol. The maximum Gasteiger partial charge on any atom is 0.315 e. The van der Waals surface area contributed by atoms with E-state index in [-0.39, 0.29) is 5.41 Å². The second-order valence-electron chi connectivity index (χ2n) is 6.76. The fraction of sp³-hybridized carbons (Fsp3) is 0.316. The Labute approximate surface area is 130 Å². The minimum Gasteiger partial charge on any atom is -0.489 e. The third kappa shape index (κ3) is 2.47. The maximum atomic E-state index is 11.9. The molecule has 3 nitrogen and oxygen atoms in total. The lowest BCUT2D eigenvalue weighted by molar-refractivity contribution is -0.137. The zero-order valence-electron chi connectivity index (χ0n) is 13.1. The minimum atomic E-state index is -0.842. The highest BCUT2D eigenvalue weighted by Gasteiger charge is 2.31. The fourth-order valence-corrected chi connectivity index (χ4v) is 2.91. The van der Waals surface area contributed by atoms with Gasteiger partial charge in [0.2, 0.25) is 0 Å². The molecule has 0 saturated heterocycles. The van der Waals surface area contributed by atoms with Gasteiger partial charge in [0.1, 0.15) is 18.3 Å². The van der Waals surface area contributed by atoms with Crippen molar-refractivity contribution in [1.82, 2.24) is 0 Å². The van der Waals surface area contributed by atoms with Gasteiger partial charge in [-0.15, -0.1) is 0 Å². The molecule has 2 aromatic carbocycles. The van der Waals surface area contributed by atoms with E-state index in [4.69, 9.17) is 4.74 Å². The molecule has 0 unspecified atom stereocenters. The highest BCUT2D eigenvalue weighted by Crippen LogP contribution is 2.39. The van der Waals surface area contributed by atoms with Crippen LogP contribution in [-0.4, -0.2) is 11.1 Å². The van der Waals surface area contributed by atoms with Crippen LogP contribution in [0.5, 0.6) is 5.75 Å². The predicted octanol–water partition coefficient (Wildman–Crippen LogP) is 4.09. The highest BCUT2D eigenvalue weighted by atomic mass is 16.5. The van der Waals surface area contributed by atoms with E-state index in [0.717, 1.165) is 22.3 Å². The fourth-order valence-electron chi connectivity index (χ4n) is 2.91. The van der Waals surface area contributed by atoms with Crippen molar-refractivity contribution in [1.29, 1.82) is 0 Å². The standard InChI is InChI=1S/C19H20O3/c1-19(2,3)13-8-9-16-15(10-13)17(18(20)21)14-7-5-4-6-12(14)11-22-16/h4-10,17H,11H2,1-3H3,(H,20,21)/t17-/m0/s1. The molecule has 0 saturated carbocycles. The molecule has 1 aliphatic heterocycles. The van der Waals surface area contributed by atoms with Crippen LogP contribution in [0.4, 0.5) is 0 Å². The molecule has 22 heavy (non-hydrogen) atoms. The number of fused-ring (bicyclic) bond motifs is 2. The Morgan fingerprint density at radius 3 is 2.55 bits per heavy atom. The van der Waals surface area contributed by atoms with Gasteiger partial charge in [0.05, 0.1) is 0 Å². The van der Waals surface area contributed by atoms with Crippen molar-refractivity contribution >= 4 is 5.97 Å². The number of rotatable bonds is 1. The summed E-state index contributed by atoms with van der Waals surface area (Å²) >= 11 is 0. The van der Waals surface area contributed by atoms with Crippen LogP contribution in [0.3, 0.4) is 0 Å². The van der Waals surface area contributed by atoms with E-state index in [2.05, 4.69) is 20.8 Å². The van der Waals surface area contributed by atoms with Crippen LogP contribution in [0.2, 0.25) is 0 Å². The Balaban J connectivity index is 2.22. The maximum absolute atomic E-state index is 11.9. The van der Waals surface area contributed by atoms with Crippen molar-refractivity contribution in [2.75, 3.05) is 0 Å². The molecular formula is C19H20O3. The Bertz CT molecular complexity index is 726. The van der Waals surface area contributed by atoms with Gasteiger partial charge in [-0.1, -0.05) is 57.2 Å². The van der Waals surface area contributed by atoms with Crippen LogP contribution in [-0.2, 0) is 16.8 Å². The van der Waals surface area contributed by atoms with Crippen LogP contribution in [0, 0.1) is 0 Å². The van der Waals surface area contributed by atoms with Gasteiger partial charge in [-0.2, -0.15) is 0 Å². The number of benzene rings is 2. The SMILES string of the molecule is CC(C)(C)c1ccc2c(c1)[C@@H](C(=O)O)c1ccccc1CO2. The Morgan fingerprint density at radius 1 is 1.14 bits per heavy atom. The van der Waals surface area contributed by atoms with Crippen molar-refractivity contribution in [3.8, 4) is 5.75 Å². The van der Waals surface area contributed by atoms with Gasteiger partial charge >= 0.3 is 5.97 Å². The molecule has 0 radical (unpaired) electrons. The first-order valence-electron chi connectivity index (χ1n) is 7.46. The molecule has 1 atom stereocenters. The van der Waals surface area contributed by atoms with Crippen LogP contribution >= 0.6 is 0 Å². The van der Waals surface area contributed by atoms with E-state index in [0.29, 0.717) is 12.4 Å². The molecule has 2 aromatic rings. The summed E-state index contributed by atoms with van der Waals surface area (Å²) in [7, 11) is 0. The van der Waals surface area contributed by atoms with Gasteiger partial charge in [-0.25, -0.2) is 0 Å². The van der Waals surface area contributed by atoms with Crippen LogP contribution in [0.25, 0.3) is 0 Å². The molecule has 1 N–H and O–H groups in total. The molecule has 0 aromatic heterocycles. The van der Waals surface area contributed by atoms with Crippen molar-refractivity contribution in [2.24, 2.45) is 0 Å². The van der Waals surface area contributed by atoms with E-state index in [9.17, 15) is 9.90 Å². The average Bonchev–Trinajstić information content (AvgIpc) is 2.62. The van der Waals surface area contributed by atoms with Crippen molar-refractivity contribution in [3.05, 3.63) is 64.7 Å². The molecule has 1 aliphatic rings. The van der Waals surface area contributed by atoms with E-state index >= 15 is 0 Å².